The van der Waals surface area contributed by atoms with Crippen LogP contribution < -0.4 is 5.32 Å². The number of sulfone groups is 1. The molecule has 162 valence electrons. The summed E-state index contributed by atoms with van der Waals surface area (Å²) < 4.78 is 31.0. The maximum atomic E-state index is 12.6. The van der Waals surface area contributed by atoms with Crippen molar-refractivity contribution < 1.29 is 22.7 Å². The highest BCUT2D eigenvalue weighted by Crippen LogP contribution is 2.25. The summed E-state index contributed by atoms with van der Waals surface area (Å²) in [6.07, 6.45) is -0.334. The number of carbonyl (C=O) groups is 2. The Kier molecular flexibility index (Phi) is 7.12. The van der Waals surface area contributed by atoms with Crippen LogP contribution >= 0.6 is 15.9 Å². The van der Waals surface area contributed by atoms with E-state index in [0.717, 1.165) is 26.4 Å². The third-order valence-corrected chi connectivity index (χ3v) is 7.70. The van der Waals surface area contributed by atoms with Crippen molar-refractivity contribution >= 4 is 54.1 Å². The highest BCUT2D eigenvalue weighted by molar-refractivity contribution is 9.10. The number of anilines is 1. The van der Waals surface area contributed by atoms with E-state index in [9.17, 15) is 18.0 Å². The molecule has 8 heteroatoms. The average Bonchev–Trinajstić information content (AvgIpc) is 2.74. The Morgan fingerprint density at radius 1 is 0.968 bits per heavy atom. The van der Waals surface area contributed by atoms with Crippen molar-refractivity contribution in [2.75, 3.05) is 17.7 Å². The van der Waals surface area contributed by atoms with Gasteiger partial charge in [0, 0.05) is 10.2 Å². The van der Waals surface area contributed by atoms with Gasteiger partial charge in [-0.2, -0.15) is 0 Å². The minimum atomic E-state index is -3.65. The summed E-state index contributed by atoms with van der Waals surface area (Å²) in [4.78, 5) is 24.2. The van der Waals surface area contributed by atoms with Crippen molar-refractivity contribution in [2.24, 2.45) is 0 Å². The molecule has 3 rings (SSSR count). The lowest BCUT2D eigenvalue weighted by Crippen LogP contribution is -2.22. The second-order valence-corrected chi connectivity index (χ2v) is 10.1. The van der Waals surface area contributed by atoms with Crippen LogP contribution in [-0.2, 0) is 24.2 Å². The van der Waals surface area contributed by atoms with E-state index >= 15 is 0 Å². The molecule has 0 atom stereocenters. The Morgan fingerprint density at radius 3 is 2.29 bits per heavy atom. The fourth-order valence-electron chi connectivity index (χ4n) is 3.13. The zero-order valence-electron chi connectivity index (χ0n) is 17.1. The fourth-order valence-corrected chi connectivity index (χ4v) is 4.61. The first-order chi connectivity index (χ1) is 14.7. The van der Waals surface area contributed by atoms with Crippen LogP contribution in [0.1, 0.15) is 17.5 Å². The van der Waals surface area contributed by atoms with Crippen molar-refractivity contribution in [1.82, 2.24) is 0 Å². The van der Waals surface area contributed by atoms with Gasteiger partial charge in [-0.3, -0.25) is 9.59 Å². The molecule has 31 heavy (non-hydrogen) atoms. The van der Waals surface area contributed by atoms with Crippen LogP contribution in [0.15, 0.2) is 64.0 Å². The van der Waals surface area contributed by atoms with E-state index in [0.29, 0.717) is 5.69 Å². The number of aryl methyl sites for hydroxylation is 2. The molecule has 0 fully saturated rings. The maximum Gasteiger partial charge on any atom is 0.307 e. The molecule has 0 saturated heterocycles. The summed E-state index contributed by atoms with van der Waals surface area (Å²) in [7, 11) is -3.65. The number of hydrogen-bond acceptors (Lipinski definition) is 5. The highest BCUT2D eigenvalue weighted by atomic mass is 79.9. The topological polar surface area (TPSA) is 89.5 Å². The van der Waals surface area contributed by atoms with Gasteiger partial charge >= 0.3 is 5.97 Å². The van der Waals surface area contributed by atoms with Gasteiger partial charge in [-0.1, -0.05) is 46.3 Å². The van der Waals surface area contributed by atoms with Gasteiger partial charge in [0.25, 0.3) is 5.91 Å². The third-order valence-electron chi connectivity index (χ3n) is 4.74. The van der Waals surface area contributed by atoms with Crippen molar-refractivity contribution in [3.05, 3.63) is 70.2 Å². The predicted molar refractivity (Wildman–Crippen MR) is 124 cm³/mol. The van der Waals surface area contributed by atoms with Crippen LogP contribution in [0.4, 0.5) is 5.69 Å². The Balaban J connectivity index is 1.52. The summed E-state index contributed by atoms with van der Waals surface area (Å²) in [6.45, 7) is 3.33. The number of esters is 1. The van der Waals surface area contributed by atoms with Gasteiger partial charge < -0.3 is 10.1 Å². The molecule has 0 aromatic heterocycles. The van der Waals surface area contributed by atoms with Crippen LogP contribution in [-0.4, -0.2) is 32.7 Å². The van der Waals surface area contributed by atoms with E-state index in [-0.39, 0.29) is 11.3 Å². The van der Waals surface area contributed by atoms with E-state index in [2.05, 4.69) is 21.2 Å². The molecule has 3 aromatic carbocycles. The van der Waals surface area contributed by atoms with Gasteiger partial charge in [-0.05, 0) is 60.0 Å². The molecule has 0 saturated carbocycles. The van der Waals surface area contributed by atoms with Crippen molar-refractivity contribution in [3.63, 3.8) is 0 Å². The number of nitrogens with one attached hydrogen (secondary N) is 1. The van der Waals surface area contributed by atoms with Gasteiger partial charge in [0.2, 0.25) is 0 Å². The molecule has 0 radical (unpaired) electrons. The van der Waals surface area contributed by atoms with E-state index in [1.807, 2.05) is 38.1 Å². The molecule has 0 bridgehead atoms. The standard InChI is InChI=1S/C23H22BrNO5S/c1-15-11-19(12-16(2)23(15)24)25-21(26)14-30-22(27)9-10-31(28,29)20-8-7-17-5-3-4-6-18(17)13-20/h3-8,11-13H,9-10,14H2,1-2H3,(H,25,26). The number of rotatable bonds is 7. The van der Waals surface area contributed by atoms with Crippen LogP contribution in [0.2, 0.25) is 0 Å². The first-order valence-corrected chi connectivity index (χ1v) is 12.0. The zero-order chi connectivity index (χ0) is 22.6. The molecule has 0 spiro atoms. The fraction of sp³-hybridized carbons (Fsp3) is 0.217. The summed E-state index contributed by atoms with van der Waals surface area (Å²) in [5.74, 6) is -1.63. The van der Waals surface area contributed by atoms with Gasteiger partial charge in [0.1, 0.15) is 0 Å². The summed E-state index contributed by atoms with van der Waals surface area (Å²) in [6, 6.07) is 15.9. The molecule has 6 nitrogen and oxygen atoms in total. The molecule has 0 aliphatic heterocycles. The zero-order valence-corrected chi connectivity index (χ0v) is 19.5. The van der Waals surface area contributed by atoms with Crippen LogP contribution in [0.3, 0.4) is 0 Å². The maximum absolute atomic E-state index is 12.6. The summed E-state index contributed by atoms with van der Waals surface area (Å²) in [5, 5.41) is 4.41. The van der Waals surface area contributed by atoms with Crippen molar-refractivity contribution in [2.45, 2.75) is 25.2 Å². The van der Waals surface area contributed by atoms with E-state index in [4.69, 9.17) is 4.74 Å². The summed E-state index contributed by atoms with van der Waals surface area (Å²) in [5.41, 5.74) is 2.52. The Bertz CT molecular complexity index is 1230. The van der Waals surface area contributed by atoms with Crippen molar-refractivity contribution in [1.29, 1.82) is 0 Å². The third kappa shape index (κ3) is 5.92. The van der Waals surface area contributed by atoms with E-state index in [1.54, 1.807) is 24.3 Å². The lowest BCUT2D eigenvalue weighted by molar-refractivity contribution is -0.146. The molecular weight excluding hydrogens is 482 g/mol. The number of carbonyl (C=O) groups excluding carboxylic acids is 2. The van der Waals surface area contributed by atoms with Crippen LogP contribution in [0.5, 0.6) is 0 Å². The van der Waals surface area contributed by atoms with Gasteiger partial charge in [0.15, 0.2) is 16.4 Å². The highest BCUT2D eigenvalue weighted by Gasteiger charge is 2.18. The molecule has 0 heterocycles. The van der Waals surface area contributed by atoms with Crippen molar-refractivity contribution in [3.8, 4) is 0 Å². The number of halogens is 1. The molecule has 0 aliphatic carbocycles. The Morgan fingerprint density at radius 2 is 1.61 bits per heavy atom. The van der Waals surface area contributed by atoms with Crippen LogP contribution in [0, 0.1) is 13.8 Å². The quantitative estimate of drug-likeness (QED) is 0.477. The predicted octanol–water partition coefficient (Wildman–Crippen LogP) is 4.56. The monoisotopic (exact) mass is 503 g/mol. The van der Waals surface area contributed by atoms with E-state index in [1.165, 1.54) is 6.07 Å². The SMILES string of the molecule is Cc1cc(NC(=O)COC(=O)CCS(=O)(=O)c2ccc3ccccc3c2)cc(C)c1Br. The Hall–Kier alpha value is -2.71. The molecule has 1 amide bonds. The molecule has 1 N–H and O–H groups in total. The first kappa shape index (κ1) is 23.0. The number of benzene rings is 3. The number of hydrogen-bond donors (Lipinski definition) is 1. The normalized spacial score (nSPS) is 11.3. The average molecular weight is 504 g/mol. The van der Waals surface area contributed by atoms with E-state index < -0.39 is 34.1 Å². The second kappa shape index (κ2) is 9.62. The number of amides is 1. The van der Waals surface area contributed by atoms with Gasteiger partial charge in [0.05, 0.1) is 17.1 Å². The number of fused-ring (bicyclic) bond motifs is 1. The van der Waals surface area contributed by atoms with Gasteiger partial charge in [-0.15, -0.1) is 0 Å². The molecule has 3 aromatic rings. The Labute approximate surface area is 189 Å². The van der Waals surface area contributed by atoms with Gasteiger partial charge in [-0.25, -0.2) is 8.42 Å². The minimum absolute atomic E-state index is 0.151. The molecule has 0 unspecified atom stereocenters. The number of ether oxygens (including phenoxy) is 1. The lowest BCUT2D eigenvalue weighted by Gasteiger charge is -2.10. The second-order valence-electron chi connectivity index (χ2n) is 7.21. The molecular formula is C23H22BrNO5S. The summed E-state index contributed by atoms with van der Waals surface area (Å²) >= 11 is 3.46. The first-order valence-electron chi connectivity index (χ1n) is 9.59. The largest absolute Gasteiger partial charge is 0.456 e. The smallest absolute Gasteiger partial charge is 0.307 e. The van der Waals surface area contributed by atoms with Crippen LogP contribution in [0.25, 0.3) is 10.8 Å². The minimum Gasteiger partial charge on any atom is -0.456 e. The lowest BCUT2D eigenvalue weighted by atomic mass is 10.1. The molecule has 0 aliphatic rings.